The van der Waals surface area contributed by atoms with Crippen LogP contribution in [-0.4, -0.2) is 50.7 Å². The Morgan fingerprint density at radius 3 is 2.37 bits per heavy atom. The van der Waals surface area contributed by atoms with Crippen molar-refractivity contribution in [2.75, 3.05) is 26.2 Å². The van der Waals surface area contributed by atoms with Gasteiger partial charge in [-0.25, -0.2) is 9.97 Å². The molecular formula is C27H31N5O3. The van der Waals surface area contributed by atoms with Crippen LogP contribution in [0.25, 0.3) is 33.7 Å². The zero-order valence-corrected chi connectivity index (χ0v) is 20.6. The molecule has 0 bridgehead atoms. The van der Waals surface area contributed by atoms with Gasteiger partial charge in [-0.15, -0.1) is 0 Å². The van der Waals surface area contributed by atoms with Gasteiger partial charge in [0, 0.05) is 42.2 Å². The number of fused-ring (bicyclic) bond motifs is 1. The number of hydrogen-bond donors (Lipinski definition) is 1. The van der Waals surface area contributed by atoms with Crippen LogP contribution in [0.4, 0.5) is 0 Å². The van der Waals surface area contributed by atoms with Crippen LogP contribution in [0.3, 0.4) is 0 Å². The molecule has 0 saturated carbocycles. The number of rotatable bonds is 9. The zero-order chi connectivity index (χ0) is 24.9. The van der Waals surface area contributed by atoms with Gasteiger partial charge in [0.25, 0.3) is 11.0 Å². The van der Waals surface area contributed by atoms with E-state index in [9.17, 15) is 9.59 Å². The minimum Gasteiger partial charge on any atom is -0.487 e. The van der Waals surface area contributed by atoms with Crippen molar-refractivity contribution in [1.29, 1.82) is 0 Å². The van der Waals surface area contributed by atoms with Crippen LogP contribution >= 0.6 is 0 Å². The third kappa shape index (κ3) is 5.17. The Kier molecular flexibility index (Phi) is 7.41. The van der Waals surface area contributed by atoms with E-state index in [4.69, 9.17) is 14.7 Å². The lowest BCUT2D eigenvalue weighted by Gasteiger charge is -2.18. The summed E-state index contributed by atoms with van der Waals surface area (Å²) in [6, 6.07) is 12.9. The molecule has 0 aliphatic carbocycles. The maximum atomic E-state index is 13.3. The average Bonchev–Trinajstić information content (AvgIpc) is 2.88. The van der Waals surface area contributed by atoms with E-state index in [0.717, 1.165) is 25.2 Å². The maximum absolute atomic E-state index is 13.3. The first kappa shape index (κ1) is 24.3. The van der Waals surface area contributed by atoms with Crippen LogP contribution < -0.4 is 15.7 Å². The molecule has 0 fully saturated rings. The van der Waals surface area contributed by atoms with Crippen molar-refractivity contribution in [3.05, 3.63) is 75.4 Å². The molecule has 1 aromatic carbocycles. The summed E-state index contributed by atoms with van der Waals surface area (Å²) >= 11 is 0. The Labute approximate surface area is 204 Å². The predicted octanol–water partition coefficient (Wildman–Crippen LogP) is 4.12. The second-order valence-electron chi connectivity index (χ2n) is 8.60. The number of nitrogens with zero attached hydrogens (tertiary/aromatic N) is 4. The van der Waals surface area contributed by atoms with Crippen LogP contribution in [0.1, 0.15) is 33.7 Å². The first-order chi connectivity index (χ1) is 16.9. The number of ether oxygens (including phenoxy) is 1. The van der Waals surface area contributed by atoms with E-state index in [1.807, 2.05) is 44.2 Å². The number of aromatic amines is 1. The topological polar surface area (TPSA) is 93.1 Å². The van der Waals surface area contributed by atoms with Gasteiger partial charge in [-0.3, -0.25) is 9.59 Å². The third-order valence-corrected chi connectivity index (χ3v) is 6.05. The molecule has 0 radical (unpaired) electrons. The highest BCUT2D eigenvalue weighted by Gasteiger charge is 2.18. The molecule has 0 unspecified atom stereocenters. The summed E-state index contributed by atoms with van der Waals surface area (Å²) in [6.07, 6.45) is 3.32. The largest absolute Gasteiger partial charge is 0.487 e. The van der Waals surface area contributed by atoms with E-state index in [1.54, 1.807) is 23.0 Å². The van der Waals surface area contributed by atoms with Gasteiger partial charge in [0.15, 0.2) is 16.9 Å². The highest BCUT2D eigenvalue weighted by molar-refractivity contribution is 5.84. The molecule has 4 rings (SSSR count). The lowest BCUT2D eigenvalue weighted by atomic mass is 10.0. The molecule has 35 heavy (non-hydrogen) atoms. The smallest absolute Gasteiger partial charge is 0.251 e. The van der Waals surface area contributed by atoms with E-state index in [-0.39, 0.29) is 28.3 Å². The minimum atomic E-state index is -0.316. The lowest BCUT2D eigenvalue weighted by Crippen LogP contribution is -2.28. The Morgan fingerprint density at radius 2 is 1.69 bits per heavy atom. The van der Waals surface area contributed by atoms with Crippen molar-refractivity contribution >= 4 is 11.2 Å². The molecule has 1 N–H and O–H groups in total. The van der Waals surface area contributed by atoms with E-state index < -0.39 is 0 Å². The average molecular weight is 474 g/mol. The number of nitrogens with one attached hydrogen (secondary N) is 1. The predicted molar refractivity (Wildman–Crippen MR) is 139 cm³/mol. The van der Waals surface area contributed by atoms with Crippen LogP contribution in [0.15, 0.2) is 64.4 Å². The molecule has 0 saturated heterocycles. The van der Waals surface area contributed by atoms with Gasteiger partial charge in [-0.1, -0.05) is 44.2 Å². The van der Waals surface area contributed by atoms with Crippen molar-refractivity contribution in [2.45, 2.75) is 33.7 Å². The first-order valence-electron chi connectivity index (χ1n) is 12.0. The zero-order valence-electron chi connectivity index (χ0n) is 20.6. The molecule has 3 aromatic heterocycles. The van der Waals surface area contributed by atoms with Crippen molar-refractivity contribution in [2.24, 2.45) is 0 Å². The third-order valence-electron chi connectivity index (χ3n) is 6.05. The Hall–Kier alpha value is -3.78. The van der Waals surface area contributed by atoms with E-state index >= 15 is 0 Å². The Balaban J connectivity index is 1.84. The van der Waals surface area contributed by atoms with E-state index in [2.05, 4.69) is 23.7 Å². The normalized spacial score (nSPS) is 11.5. The van der Waals surface area contributed by atoms with Crippen LogP contribution in [0.2, 0.25) is 0 Å². The molecule has 0 amide bonds. The number of pyridine rings is 2. The first-order valence-corrected chi connectivity index (χ1v) is 12.0. The maximum Gasteiger partial charge on any atom is 0.251 e. The lowest BCUT2D eigenvalue weighted by molar-refractivity contribution is 0.221. The number of hydrogen-bond acceptors (Lipinski definition) is 6. The fourth-order valence-electron chi connectivity index (χ4n) is 3.99. The molecule has 0 aliphatic heterocycles. The second-order valence-corrected chi connectivity index (χ2v) is 8.60. The van der Waals surface area contributed by atoms with Crippen molar-refractivity contribution in [1.82, 2.24) is 24.4 Å². The molecule has 8 heteroatoms. The summed E-state index contributed by atoms with van der Waals surface area (Å²) in [5.41, 5.74) is 2.89. The number of H-pyrrole nitrogens is 1. The molecule has 0 aliphatic rings. The Morgan fingerprint density at radius 1 is 0.971 bits per heavy atom. The van der Waals surface area contributed by atoms with Crippen molar-refractivity contribution < 1.29 is 4.74 Å². The van der Waals surface area contributed by atoms with Crippen LogP contribution in [0.5, 0.6) is 5.75 Å². The molecule has 0 atom stereocenters. The molecule has 3 heterocycles. The highest BCUT2D eigenvalue weighted by Crippen LogP contribution is 2.30. The molecule has 182 valence electrons. The number of benzene rings is 1. The van der Waals surface area contributed by atoms with Crippen molar-refractivity contribution in [3.63, 3.8) is 0 Å². The fraction of sp³-hybridized carbons (Fsp3) is 0.333. The summed E-state index contributed by atoms with van der Waals surface area (Å²) in [5.74, 6) is 0.213. The molecule has 0 spiro atoms. The Bertz CT molecular complexity index is 1420. The summed E-state index contributed by atoms with van der Waals surface area (Å²) in [7, 11) is 0. The van der Waals surface area contributed by atoms with Crippen molar-refractivity contribution in [3.8, 4) is 28.3 Å². The van der Waals surface area contributed by atoms with Gasteiger partial charge >= 0.3 is 0 Å². The molecule has 4 aromatic rings. The summed E-state index contributed by atoms with van der Waals surface area (Å²) in [4.78, 5) is 40.5. The standard InChI is InChI=1S/C27H31N5O3/c1-5-31(6-2)14-15-35-21-16-28-27-25(26(21)34)29-24(23(30-27)19-10-8-7-9-11-19)20-12-13-22(33)32(17-20)18(3)4/h7-13,16-18H,5-6,14-15H2,1-4H3,(H,28,30,34). The summed E-state index contributed by atoms with van der Waals surface area (Å²) in [5, 5.41) is 0. The monoisotopic (exact) mass is 473 g/mol. The van der Waals surface area contributed by atoms with Gasteiger partial charge in [-0.2, -0.15) is 0 Å². The minimum absolute atomic E-state index is 0.0229. The molecular weight excluding hydrogens is 442 g/mol. The van der Waals surface area contributed by atoms with Crippen LogP contribution in [-0.2, 0) is 0 Å². The van der Waals surface area contributed by atoms with E-state index in [0.29, 0.717) is 29.2 Å². The fourth-order valence-corrected chi connectivity index (χ4v) is 3.99. The molecule has 8 nitrogen and oxygen atoms in total. The van der Waals surface area contributed by atoms with Gasteiger partial charge in [0.05, 0.1) is 11.4 Å². The summed E-state index contributed by atoms with van der Waals surface area (Å²) < 4.78 is 7.45. The number of aromatic nitrogens is 4. The summed E-state index contributed by atoms with van der Waals surface area (Å²) in [6.45, 7) is 11.0. The van der Waals surface area contributed by atoms with E-state index in [1.165, 1.54) is 6.07 Å². The quantitative estimate of drug-likeness (QED) is 0.393. The highest BCUT2D eigenvalue weighted by atomic mass is 16.5. The van der Waals surface area contributed by atoms with Crippen LogP contribution in [0, 0.1) is 0 Å². The van der Waals surface area contributed by atoms with Gasteiger partial charge < -0.3 is 19.2 Å². The van der Waals surface area contributed by atoms with Gasteiger partial charge in [-0.05, 0) is 33.0 Å². The van der Waals surface area contributed by atoms with Gasteiger partial charge in [0.2, 0.25) is 0 Å². The SMILES string of the molecule is CCN(CC)CCOc1c[nH]c2nc(-c3ccccc3)c(-c3ccc(=O)n(C(C)C)c3)nc2c1=O. The second kappa shape index (κ2) is 10.7. The number of likely N-dealkylation sites (N-methyl/N-ethyl adjacent to an activating group) is 1. The van der Waals surface area contributed by atoms with Gasteiger partial charge in [0.1, 0.15) is 6.61 Å².